The number of carbonyl (C=O) groups is 2. The van der Waals surface area contributed by atoms with Crippen LogP contribution in [0.4, 0.5) is 0 Å². The Balaban J connectivity index is 1.66. The summed E-state index contributed by atoms with van der Waals surface area (Å²) >= 11 is 0. The number of hydrogen-bond donors (Lipinski definition) is 0. The van der Waals surface area contributed by atoms with Crippen molar-refractivity contribution in [3.8, 4) is 11.5 Å². The second-order valence-electron chi connectivity index (χ2n) is 4.98. The maximum Gasteiger partial charge on any atom is 0.343 e. The second kappa shape index (κ2) is 7.24. The van der Waals surface area contributed by atoms with E-state index in [9.17, 15) is 9.59 Å². The molecular weight excluding hydrogens is 304 g/mol. The van der Waals surface area contributed by atoms with Gasteiger partial charge in [-0.2, -0.15) is 0 Å². The standard InChI is InChI=1S/C20H14O4/c21-19(23-17-7-3-1-4-8-17)15-11-13-16(14-12-15)20(22)24-18-9-5-2-6-10-18/h1-14H. The molecule has 0 atom stereocenters. The van der Waals surface area contributed by atoms with Crippen LogP contribution in [0, 0.1) is 0 Å². The SMILES string of the molecule is O=C(Oc1ccccc1)c1ccc(C(=O)Oc2ccccc2)cc1. The second-order valence-corrected chi connectivity index (χ2v) is 4.98. The van der Waals surface area contributed by atoms with Gasteiger partial charge in [-0.05, 0) is 48.5 Å². The van der Waals surface area contributed by atoms with Crippen molar-refractivity contribution in [3.63, 3.8) is 0 Å². The maximum atomic E-state index is 12.0. The lowest BCUT2D eigenvalue weighted by Crippen LogP contribution is -2.11. The van der Waals surface area contributed by atoms with E-state index in [1.807, 2.05) is 12.1 Å². The zero-order chi connectivity index (χ0) is 16.8. The first-order chi connectivity index (χ1) is 11.7. The number of carbonyl (C=O) groups excluding carboxylic acids is 2. The summed E-state index contributed by atoms with van der Waals surface area (Å²) in [6.45, 7) is 0. The lowest BCUT2D eigenvalue weighted by Gasteiger charge is -2.06. The normalized spacial score (nSPS) is 10.0. The van der Waals surface area contributed by atoms with Gasteiger partial charge >= 0.3 is 11.9 Å². The minimum absolute atomic E-state index is 0.357. The minimum Gasteiger partial charge on any atom is -0.423 e. The van der Waals surface area contributed by atoms with E-state index in [1.54, 1.807) is 48.5 Å². The van der Waals surface area contributed by atoms with Crippen LogP contribution in [0.1, 0.15) is 20.7 Å². The Morgan fingerprint density at radius 1 is 0.500 bits per heavy atom. The molecule has 0 saturated carbocycles. The summed E-state index contributed by atoms with van der Waals surface area (Å²) in [5.74, 6) is -0.0292. The summed E-state index contributed by atoms with van der Waals surface area (Å²) < 4.78 is 10.5. The third-order valence-corrected chi connectivity index (χ3v) is 3.26. The topological polar surface area (TPSA) is 52.6 Å². The maximum absolute atomic E-state index is 12.0. The molecule has 0 unspecified atom stereocenters. The van der Waals surface area contributed by atoms with Crippen LogP contribution in [-0.2, 0) is 0 Å². The van der Waals surface area contributed by atoms with Crippen LogP contribution in [0.15, 0.2) is 84.9 Å². The number of ether oxygens (including phenoxy) is 2. The van der Waals surface area contributed by atoms with E-state index in [-0.39, 0.29) is 0 Å². The number of rotatable bonds is 4. The van der Waals surface area contributed by atoms with E-state index < -0.39 is 11.9 Å². The Kier molecular flexibility index (Phi) is 4.68. The molecule has 24 heavy (non-hydrogen) atoms. The summed E-state index contributed by atoms with van der Waals surface area (Å²) in [6.07, 6.45) is 0. The molecule has 0 radical (unpaired) electrons. The van der Waals surface area contributed by atoms with Gasteiger partial charge in [-0.3, -0.25) is 0 Å². The lowest BCUT2D eigenvalue weighted by molar-refractivity contribution is 0.0720. The van der Waals surface area contributed by atoms with Gasteiger partial charge in [0, 0.05) is 0 Å². The predicted octanol–water partition coefficient (Wildman–Crippen LogP) is 4.13. The molecule has 0 aliphatic rings. The van der Waals surface area contributed by atoms with E-state index >= 15 is 0 Å². The first-order valence-corrected chi connectivity index (χ1v) is 7.37. The molecule has 0 bridgehead atoms. The number of benzene rings is 3. The molecule has 4 nitrogen and oxygen atoms in total. The van der Waals surface area contributed by atoms with Gasteiger partial charge in [0.05, 0.1) is 11.1 Å². The quantitative estimate of drug-likeness (QED) is 0.536. The van der Waals surface area contributed by atoms with Crippen molar-refractivity contribution < 1.29 is 19.1 Å². The van der Waals surface area contributed by atoms with Crippen molar-refractivity contribution in [3.05, 3.63) is 96.1 Å². The minimum atomic E-state index is -0.482. The highest BCUT2D eigenvalue weighted by atomic mass is 16.5. The zero-order valence-corrected chi connectivity index (χ0v) is 12.7. The molecule has 0 fully saturated rings. The van der Waals surface area contributed by atoms with Crippen LogP contribution >= 0.6 is 0 Å². The average Bonchev–Trinajstić information content (AvgIpc) is 2.63. The van der Waals surface area contributed by atoms with Gasteiger partial charge in [0.15, 0.2) is 0 Å². The average molecular weight is 318 g/mol. The molecule has 118 valence electrons. The molecule has 0 N–H and O–H groups in total. The number of para-hydroxylation sites is 2. The third kappa shape index (κ3) is 3.87. The van der Waals surface area contributed by atoms with E-state index in [0.717, 1.165) is 0 Å². The van der Waals surface area contributed by atoms with E-state index in [0.29, 0.717) is 22.6 Å². The Bertz CT molecular complexity index is 752. The molecular formula is C20H14O4. The molecule has 0 spiro atoms. The molecule has 0 heterocycles. The Hall–Kier alpha value is -3.40. The van der Waals surface area contributed by atoms with Gasteiger partial charge < -0.3 is 9.47 Å². The van der Waals surface area contributed by atoms with Crippen molar-refractivity contribution in [2.45, 2.75) is 0 Å². The summed E-state index contributed by atoms with van der Waals surface area (Å²) in [4.78, 5) is 24.1. The van der Waals surface area contributed by atoms with Gasteiger partial charge in [0.1, 0.15) is 11.5 Å². The van der Waals surface area contributed by atoms with Gasteiger partial charge in [-0.1, -0.05) is 36.4 Å². The van der Waals surface area contributed by atoms with Crippen molar-refractivity contribution >= 4 is 11.9 Å². The monoisotopic (exact) mass is 318 g/mol. The van der Waals surface area contributed by atoms with Crippen LogP contribution in [0.3, 0.4) is 0 Å². The highest BCUT2D eigenvalue weighted by Crippen LogP contribution is 2.14. The van der Waals surface area contributed by atoms with Gasteiger partial charge in [-0.15, -0.1) is 0 Å². The van der Waals surface area contributed by atoms with Crippen LogP contribution in [-0.4, -0.2) is 11.9 Å². The summed E-state index contributed by atoms with van der Waals surface area (Å²) in [5, 5.41) is 0. The molecule has 3 aromatic carbocycles. The van der Waals surface area contributed by atoms with E-state index in [1.165, 1.54) is 24.3 Å². The molecule has 0 amide bonds. The summed E-state index contributed by atoms with van der Waals surface area (Å²) in [6, 6.07) is 23.7. The van der Waals surface area contributed by atoms with Crippen molar-refractivity contribution in [2.24, 2.45) is 0 Å². The smallest absolute Gasteiger partial charge is 0.343 e. The molecule has 0 aromatic heterocycles. The van der Waals surface area contributed by atoms with E-state index in [2.05, 4.69) is 0 Å². The van der Waals surface area contributed by atoms with Crippen molar-refractivity contribution in [1.29, 1.82) is 0 Å². The number of esters is 2. The van der Waals surface area contributed by atoms with Crippen LogP contribution in [0.2, 0.25) is 0 Å². The first kappa shape index (κ1) is 15.5. The van der Waals surface area contributed by atoms with Gasteiger partial charge in [-0.25, -0.2) is 9.59 Å². The predicted molar refractivity (Wildman–Crippen MR) is 89.2 cm³/mol. The fourth-order valence-corrected chi connectivity index (χ4v) is 2.05. The molecule has 0 aliphatic heterocycles. The summed E-state index contributed by atoms with van der Waals surface area (Å²) in [7, 11) is 0. The Labute approximate surface area is 139 Å². The largest absolute Gasteiger partial charge is 0.423 e. The van der Waals surface area contributed by atoms with E-state index in [4.69, 9.17) is 9.47 Å². The Morgan fingerprint density at radius 3 is 1.17 bits per heavy atom. The number of hydrogen-bond acceptors (Lipinski definition) is 4. The molecule has 3 rings (SSSR count). The fourth-order valence-electron chi connectivity index (χ4n) is 2.05. The first-order valence-electron chi connectivity index (χ1n) is 7.37. The molecule has 4 heteroatoms. The lowest BCUT2D eigenvalue weighted by atomic mass is 10.1. The summed E-state index contributed by atoms with van der Waals surface area (Å²) in [5.41, 5.74) is 0.713. The van der Waals surface area contributed by atoms with Crippen LogP contribution < -0.4 is 9.47 Å². The van der Waals surface area contributed by atoms with Crippen molar-refractivity contribution in [1.82, 2.24) is 0 Å². The van der Waals surface area contributed by atoms with Crippen LogP contribution in [0.5, 0.6) is 11.5 Å². The highest BCUT2D eigenvalue weighted by Gasteiger charge is 2.12. The molecule has 3 aromatic rings. The zero-order valence-electron chi connectivity index (χ0n) is 12.7. The molecule has 0 aliphatic carbocycles. The van der Waals surface area contributed by atoms with Crippen molar-refractivity contribution in [2.75, 3.05) is 0 Å². The Morgan fingerprint density at radius 2 is 0.833 bits per heavy atom. The van der Waals surface area contributed by atoms with Gasteiger partial charge in [0.25, 0.3) is 0 Å². The third-order valence-electron chi connectivity index (χ3n) is 3.26. The van der Waals surface area contributed by atoms with Crippen LogP contribution in [0.25, 0.3) is 0 Å². The fraction of sp³-hybridized carbons (Fsp3) is 0. The molecule has 0 saturated heterocycles. The highest BCUT2D eigenvalue weighted by molar-refractivity contribution is 5.94. The van der Waals surface area contributed by atoms with Gasteiger partial charge in [0.2, 0.25) is 0 Å².